The molecule has 1 N–H and O–H groups in total. The number of benzene rings is 2. The monoisotopic (exact) mass is 414 g/mol. The van der Waals surface area contributed by atoms with Crippen LogP contribution < -0.4 is 0 Å². The van der Waals surface area contributed by atoms with Crippen molar-refractivity contribution in [3.63, 3.8) is 0 Å². The van der Waals surface area contributed by atoms with E-state index in [4.69, 9.17) is 4.74 Å². The van der Waals surface area contributed by atoms with Crippen molar-refractivity contribution in [1.29, 1.82) is 0 Å². The van der Waals surface area contributed by atoms with Gasteiger partial charge in [-0.1, -0.05) is 42.5 Å². The van der Waals surface area contributed by atoms with Gasteiger partial charge in [-0.2, -0.15) is 0 Å². The Morgan fingerprint density at radius 2 is 1.60 bits per heavy atom. The Kier molecular flexibility index (Phi) is 8.00. The zero-order chi connectivity index (χ0) is 21.6. The first-order valence-corrected chi connectivity index (χ1v) is 10.9. The predicted molar refractivity (Wildman–Crippen MR) is 119 cm³/mol. The molecule has 1 saturated heterocycles. The van der Waals surface area contributed by atoms with Crippen molar-refractivity contribution in [3.05, 3.63) is 71.5 Å². The highest BCUT2D eigenvalue weighted by atomic mass is 19.1. The largest absolute Gasteiger partial charge is 0.388 e. The minimum absolute atomic E-state index is 0.0550. The van der Waals surface area contributed by atoms with Crippen molar-refractivity contribution >= 4 is 0 Å². The summed E-state index contributed by atoms with van der Waals surface area (Å²) in [6, 6.07) is 16.6. The summed E-state index contributed by atoms with van der Waals surface area (Å²) < 4.78 is 19.5. The van der Waals surface area contributed by atoms with Crippen molar-refractivity contribution < 1.29 is 14.2 Å². The van der Waals surface area contributed by atoms with E-state index >= 15 is 0 Å². The normalized spacial score (nSPS) is 18.3. The molecule has 30 heavy (non-hydrogen) atoms. The van der Waals surface area contributed by atoms with Gasteiger partial charge in [0, 0.05) is 39.1 Å². The Morgan fingerprint density at radius 1 is 0.967 bits per heavy atom. The molecule has 164 valence electrons. The van der Waals surface area contributed by atoms with Gasteiger partial charge in [0.05, 0.1) is 11.7 Å². The van der Waals surface area contributed by atoms with E-state index in [1.54, 1.807) is 12.1 Å². The molecule has 0 aliphatic carbocycles. The summed E-state index contributed by atoms with van der Waals surface area (Å²) in [5, 5.41) is 10.4. The van der Waals surface area contributed by atoms with Crippen LogP contribution >= 0.6 is 0 Å². The molecule has 0 amide bonds. The van der Waals surface area contributed by atoms with Crippen LogP contribution in [0.4, 0.5) is 4.39 Å². The van der Waals surface area contributed by atoms with Crippen LogP contribution in [-0.2, 0) is 11.2 Å². The molecule has 1 fully saturated rings. The van der Waals surface area contributed by atoms with Gasteiger partial charge >= 0.3 is 0 Å². The maximum Gasteiger partial charge on any atom is 0.123 e. The summed E-state index contributed by atoms with van der Waals surface area (Å²) in [7, 11) is 0. The molecule has 1 aliphatic heterocycles. The van der Waals surface area contributed by atoms with Crippen LogP contribution in [-0.4, -0.2) is 59.5 Å². The van der Waals surface area contributed by atoms with Gasteiger partial charge in [-0.15, -0.1) is 0 Å². The van der Waals surface area contributed by atoms with Crippen molar-refractivity contribution in [2.45, 2.75) is 51.5 Å². The Bertz CT molecular complexity index is 753. The van der Waals surface area contributed by atoms with Gasteiger partial charge in [0.2, 0.25) is 0 Å². The van der Waals surface area contributed by atoms with Crippen LogP contribution in [0.3, 0.4) is 0 Å². The van der Waals surface area contributed by atoms with Crippen LogP contribution in [0.25, 0.3) is 0 Å². The first kappa shape index (κ1) is 22.9. The Hall–Kier alpha value is -1.79. The molecule has 0 spiro atoms. The summed E-state index contributed by atoms with van der Waals surface area (Å²) in [5.74, 6) is -0.274. The molecule has 0 saturated carbocycles. The third-order valence-corrected chi connectivity index (χ3v) is 5.53. The highest BCUT2D eigenvalue weighted by molar-refractivity contribution is 5.18. The lowest BCUT2D eigenvalue weighted by molar-refractivity contribution is -0.141. The summed E-state index contributed by atoms with van der Waals surface area (Å²) in [6.07, 6.45) is 1.02. The van der Waals surface area contributed by atoms with Crippen molar-refractivity contribution in [3.8, 4) is 0 Å². The van der Waals surface area contributed by atoms with E-state index in [0.29, 0.717) is 6.42 Å². The number of aliphatic hydroxyl groups excluding tert-OH is 1. The van der Waals surface area contributed by atoms with E-state index in [2.05, 4.69) is 54.8 Å². The molecule has 1 aliphatic rings. The van der Waals surface area contributed by atoms with Crippen LogP contribution in [0.2, 0.25) is 0 Å². The second-order valence-corrected chi connectivity index (χ2v) is 9.11. The predicted octanol–water partition coefficient (Wildman–Crippen LogP) is 4.25. The number of ether oxygens (including phenoxy) is 1. The van der Waals surface area contributed by atoms with Crippen molar-refractivity contribution in [2.75, 3.05) is 32.7 Å². The fourth-order valence-electron chi connectivity index (χ4n) is 3.90. The molecule has 1 heterocycles. The molecule has 2 unspecified atom stereocenters. The number of aliphatic hydroxyl groups is 1. The van der Waals surface area contributed by atoms with Crippen molar-refractivity contribution in [2.24, 2.45) is 0 Å². The lowest BCUT2D eigenvalue weighted by atomic mass is 10.1. The lowest BCUT2D eigenvalue weighted by Gasteiger charge is -2.41. The third kappa shape index (κ3) is 7.17. The molecule has 3 rings (SSSR count). The lowest BCUT2D eigenvalue weighted by Crippen LogP contribution is -2.53. The standard InChI is InChI=1S/C25H35FN2O2/c1-25(2,3)30-24(19-20-7-5-4-6-8-20)28-17-15-27(16-18-28)14-13-23(29)21-9-11-22(26)12-10-21/h4-12,23-24,29H,13-19H2,1-3H3. The quantitative estimate of drug-likeness (QED) is 0.701. The zero-order valence-electron chi connectivity index (χ0n) is 18.4. The fraction of sp³-hybridized carbons (Fsp3) is 0.520. The SMILES string of the molecule is CC(C)(C)OC(Cc1ccccc1)N1CCN(CCC(O)c2ccc(F)cc2)CC1. The highest BCUT2D eigenvalue weighted by Gasteiger charge is 2.28. The summed E-state index contributed by atoms with van der Waals surface area (Å²) in [5.41, 5.74) is 1.86. The second kappa shape index (κ2) is 10.5. The summed E-state index contributed by atoms with van der Waals surface area (Å²) in [4.78, 5) is 4.82. The van der Waals surface area contributed by atoms with Crippen LogP contribution in [0, 0.1) is 5.82 Å². The average molecular weight is 415 g/mol. The molecule has 0 aromatic heterocycles. The first-order valence-electron chi connectivity index (χ1n) is 10.9. The zero-order valence-corrected chi connectivity index (χ0v) is 18.4. The van der Waals surface area contributed by atoms with Crippen LogP contribution in [0.5, 0.6) is 0 Å². The topological polar surface area (TPSA) is 35.9 Å². The van der Waals surface area contributed by atoms with Gasteiger partial charge in [0.15, 0.2) is 0 Å². The molecule has 0 bridgehead atoms. The van der Waals surface area contributed by atoms with E-state index < -0.39 is 6.10 Å². The molecule has 0 radical (unpaired) electrons. The Balaban J connectivity index is 1.50. The molecular formula is C25H35FN2O2. The van der Waals surface area contributed by atoms with E-state index in [1.165, 1.54) is 17.7 Å². The Labute approximate surface area is 180 Å². The van der Waals surface area contributed by atoms with Crippen molar-refractivity contribution in [1.82, 2.24) is 9.80 Å². The van der Waals surface area contributed by atoms with Crippen LogP contribution in [0.1, 0.15) is 44.4 Å². The van der Waals surface area contributed by atoms with E-state index in [1.807, 2.05) is 6.07 Å². The van der Waals surface area contributed by atoms with Gasteiger partial charge in [-0.3, -0.25) is 4.90 Å². The molecule has 4 nitrogen and oxygen atoms in total. The van der Waals surface area contributed by atoms with Gasteiger partial charge in [-0.05, 0) is 50.5 Å². The number of hydrogen-bond acceptors (Lipinski definition) is 4. The molecule has 2 aromatic carbocycles. The van der Waals surface area contributed by atoms with Gasteiger partial charge < -0.3 is 14.7 Å². The van der Waals surface area contributed by atoms with Gasteiger partial charge in [-0.25, -0.2) is 4.39 Å². The minimum atomic E-state index is -0.557. The minimum Gasteiger partial charge on any atom is -0.388 e. The summed E-state index contributed by atoms with van der Waals surface area (Å²) >= 11 is 0. The van der Waals surface area contributed by atoms with Crippen LogP contribution in [0.15, 0.2) is 54.6 Å². The molecular weight excluding hydrogens is 379 g/mol. The second-order valence-electron chi connectivity index (χ2n) is 9.11. The Morgan fingerprint density at radius 3 is 2.20 bits per heavy atom. The number of rotatable bonds is 8. The fourth-order valence-corrected chi connectivity index (χ4v) is 3.90. The number of nitrogens with zero attached hydrogens (tertiary/aromatic N) is 2. The molecule has 5 heteroatoms. The average Bonchev–Trinajstić information content (AvgIpc) is 2.72. The first-order chi connectivity index (χ1) is 14.3. The maximum absolute atomic E-state index is 13.1. The summed E-state index contributed by atoms with van der Waals surface area (Å²) in [6.45, 7) is 11.0. The smallest absolute Gasteiger partial charge is 0.123 e. The van der Waals surface area contributed by atoms with E-state index in [0.717, 1.165) is 44.7 Å². The maximum atomic E-state index is 13.1. The highest BCUT2D eigenvalue weighted by Crippen LogP contribution is 2.21. The number of halogens is 1. The van der Waals surface area contributed by atoms with Gasteiger partial charge in [0.25, 0.3) is 0 Å². The molecule has 2 aromatic rings. The number of piperazine rings is 1. The third-order valence-electron chi connectivity index (χ3n) is 5.53. The van der Waals surface area contributed by atoms with E-state index in [-0.39, 0.29) is 17.6 Å². The number of hydrogen-bond donors (Lipinski definition) is 1. The van der Waals surface area contributed by atoms with Gasteiger partial charge in [0.1, 0.15) is 12.0 Å². The molecule has 2 atom stereocenters. The van der Waals surface area contributed by atoms with E-state index in [9.17, 15) is 9.50 Å².